The maximum atomic E-state index is 11.1. The third-order valence-electron chi connectivity index (χ3n) is 3.41. The first-order chi connectivity index (χ1) is 5.68. The van der Waals surface area contributed by atoms with Gasteiger partial charge in [0.15, 0.2) is 0 Å². The lowest BCUT2D eigenvalue weighted by atomic mass is 10.0. The van der Waals surface area contributed by atoms with E-state index in [1.54, 1.807) is 6.92 Å². The van der Waals surface area contributed by atoms with Crippen LogP contribution in [0.2, 0.25) is 0 Å². The zero-order valence-corrected chi connectivity index (χ0v) is 8.31. The minimum atomic E-state index is 0.233. The molecule has 0 bridgehead atoms. The van der Waals surface area contributed by atoms with Crippen molar-refractivity contribution in [3.05, 3.63) is 0 Å². The average molecular weight is 185 g/mol. The van der Waals surface area contributed by atoms with Crippen LogP contribution in [0.1, 0.15) is 19.8 Å². The van der Waals surface area contributed by atoms with Gasteiger partial charge < -0.3 is 4.90 Å². The molecule has 2 rings (SSSR count). The molecule has 0 N–H and O–H groups in total. The van der Waals surface area contributed by atoms with Gasteiger partial charge in [0.2, 0.25) is 5.91 Å². The van der Waals surface area contributed by atoms with Crippen LogP contribution in [0.5, 0.6) is 0 Å². The Morgan fingerprint density at radius 1 is 1.75 bits per heavy atom. The van der Waals surface area contributed by atoms with Crippen molar-refractivity contribution in [3.63, 3.8) is 0 Å². The number of rotatable bonds is 1. The fraction of sp³-hybridized carbons (Fsp3) is 0.889. The second-order valence-corrected chi connectivity index (χ2v) is 4.50. The molecule has 1 saturated heterocycles. The molecule has 2 atom stereocenters. The monoisotopic (exact) mass is 185 g/mol. The van der Waals surface area contributed by atoms with Crippen LogP contribution in [0.25, 0.3) is 0 Å². The van der Waals surface area contributed by atoms with Gasteiger partial charge in [0.25, 0.3) is 0 Å². The topological polar surface area (TPSA) is 20.3 Å². The van der Waals surface area contributed by atoms with Gasteiger partial charge in [-0.1, -0.05) is 0 Å². The summed E-state index contributed by atoms with van der Waals surface area (Å²) in [4.78, 5) is 13.0. The maximum Gasteiger partial charge on any atom is 0.219 e. The van der Waals surface area contributed by atoms with Crippen LogP contribution in [-0.4, -0.2) is 29.6 Å². The van der Waals surface area contributed by atoms with Crippen LogP contribution in [0.3, 0.4) is 0 Å². The molecule has 0 aromatic heterocycles. The summed E-state index contributed by atoms with van der Waals surface area (Å²) in [5.74, 6) is 2.01. The normalized spacial score (nSPS) is 39.2. The van der Waals surface area contributed by atoms with Crippen molar-refractivity contribution >= 4 is 18.5 Å². The zero-order chi connectivity index (χ0) is 8.77. The molecule has 1 spiro atoms. The highest BCUT2D eigenvalue weighted by molar-refractivity contribution is 7.80. The lowest BCUT2D eigenvalue weighted by molar-refractivity contribution is -0.128. The van der Waals surface area contributed by atoms with Gasteiger partial charge >= 0.3 is 0 Å². The third kappa shape index (κ3) is 1.15. The molecular weight excluding hydrogens is 170 g/mol. The smallest absolute Gasteiger partial charge is 0.219 e. The van der Waals surface area contributed by atoms with Crippen molar-refractivity contribution in [2.45, 2.75) is 19.8 Å². The average Bonchev–Trinajstić information content (AvgIpc) is 2.50. The predicted octanol–water partition coefficient (Wildman–Crippen LogP) is 1.17. The van der Waals surface area contributed by atoms with Crippen LogP contribution in [0, 0.1) is 11.3 Å². The highest BCUT2D eigenvalue weighted by Crippen LogP contribution is 2.58. The highest BCUT2D eigenvalue weighted by atomic mass is 32.1. The number of carbonyl (C=O) groups is 1. The van der Waals surface area contributed by atoms with E-state index in [1.807, 2.05) is 4.90 Å². The molecule has 0 radical (unpaired) electrons. The Labute approximate surface area is 78.7 Å². The van der Waals surface area contributed by atoms with E-state index >= 15 is 0 Å². The molecular formula is C9H15NOS. The minimum Gasteiger partial charge on any atom is -0.342 e. The lowest BCUT2D eigenvalue weighted by Crippen LogP contribution is -2.26. The summed E-state index contributed by atoms with van der Waals surface area (Å²) in [6.07, 6.45) is 2.50. The van der Waals surface area contributed by atoms with Gasteiger partial charge in [-0.25, -0.2) is 0 Å². The number of carbonyl (C=O) groups excluding carboxylic acids is 1. The van der Waals surface area contributed by atoms with Crippen LogP contribution in [0.4, 0.5) is 0 Å². The van der Waals surface area contributed by atoms with Crippen molar-refractivity contribution in [1.82, 2.24) is 4.90 Å². The van der Waals surface area contributed by atoms with Gasteiger partial charge in [-0.3, -0.25) is 4.79 Å². The Morgan fingerprint density at radius 3 is 2.92 bits per heavy atom. The number of hydrogen-bond donors (Lipinski definition) is 1. The second kappa shape index (κ2) is 2.66. The first kappa shape index (κ1) is 8.42. The lowest BCUT2D eigenvalue weighted by Gasteiger charge is -2.13. The highest BCUT2D eigenvalue weighted by Gasteiger charge is 2.56. The van der Waals surface area contributed by atoms with Crippen molar-refractivity contribution in [2.24, 2.45) is 11.3 Å². The summed E-state index contributed by atoms with van der Waals surface area (Å²) in [6, 6.07) is 0. The summed E-state index contributed by atoms with van der Waals surface area (Å²) in [6.45, 7) is 3.63. The number of amides is 1. The van der Waals surface area contributed by atoms with E-state index in [9.17, 15) is 4.79 Å². The van der Waals surface area contributed by atoms with E-state index in [1.165, 1.54) is 12.8 Å². The Kier molecular flexibility index (Phi) is 1.86. The number of hydrogen-bond acceptors (Lipinski definition) is 2. The van der Waals surface area contributed by atoms with E-state index in [4.69, 9.17) is 0 Å². The third-order valence-corrected chi connectivity index (χ3v) is 3.85. The largest absolute Gasteiger partial charge is 0.342 e. The molecule has 1 aliphatic heterocycles. The summed E-state index contributed by atoms with van der Waals surface area (Å²) >= 11 is 4.30. The number of nitrogens with zero attached hydrogens (tertiary/aromatic N) is 1. The van der Waals surface area contributed by atoms with Gasteiger partial charge in [0, 0.05) is 20.0 Å². The summed E-state index contributed by atoms with van der Waals surface area (Å²) in [7, 11) is 0. The van der Waals surface area contributed by atoms with E-state index in [2.05, 4.69) is 12.6 Å². The number of thiol groups is 1. The molecule has 2 unspecified atom stereocenters. The number of likely N-dealkylation sites (tertiary alicyclic amines) is 1. The first-order valence-corrected chi connectivity index (χ1v) is 5.17. The van der Waals surface area contributed by atoms with Gasteiger partial charge in [0.05, 0.1) is 0 Å². The first-order valence-electron chi connectivity index (χ1n) is 4.54. The van der Waals surface area contributed by atoms with Crippen molar-refractivity contribution in [1.29, 1.82) is 0 Å². The van der Waals surface area contributed by atoms with Gasteiger partial charge in [-0.15, -0.1) is 0 Å². The Bertz CT molecular complexity index is 219. The quantitative estimate of drug-likeness (QED) is 0.608. The molecule has 2 fully saturated rings. The standard InChI is InChI=1S/C9H15NOS/c1-7(11)10-3-2-9(6-10)4-8(9)5-12/h8,12H,2-6H2,1H3. The summed E-state index contributed by atoms with van der Waals surface area (Å²) < 4.78 is 0. The van der Waals surface area contributed by atoms with E-state index in [0.29, 0.717) is 5.41 Å². The second-order valence-electron chi connectivity index (χ2n) is 4.14. The molecule has 1 saturated carbocycles. The fourth-order valence-corrected chi connectivity index (χ4v) is 2.87. The van der Waals surface area contributed by atoms with Crippen molar-refractivity contribution in [3.8, 4) is 0 Å². The molecule has 1 aliphatic carbocycles. The van der Waals surface area contributed by atoms with Crippen molar-refractivity contribution in [2.75, 3.05) is 18.8 Å². The van der Waals surface area contributed by atoms with Crippen LogP contribution in [-0.2, 0) is 4.79 Å². The molecule has 1 amide bonds. The molecule has 0 aromatic carbocycles. The summed E-state index contributed by atoms with van der Waals surface area (Å²) in [5.41, 5.74) is 0.493. The summed E-state index contributed by atoms with van der Waals surface area (Å²) in [5, 5.41) is 0. The van der Waals surface area contributed by atoms with E-state index < -0.39 is 0 Å². The zero-order valence-electron chi connectivity index (χ0n) is 7.42. The molecule has 1 heterocycles. The molecule has 2 aliphatic rings. The van der Waals surface area contributed by atoms with Crippen LogP contribution < -0.4 is 0 Å². The predicted molar refractivity (Wildman–Crippen MR) is 51.3 cm³/mol. The maximum absolute atomic E-state index is 11.1. The fourth-order valence-electron chi connectivity index (χ4n) is 2.35. The van der Waals surface area contributed by atoms with Crippen molar-refractivity contribution < 1.29 is 4.79 Å². The Balaban J connectivity index is 1.96. The van der Waals surface area contributed by atoms with Gasteiger partial charge in [-0.05, 0) is 29.9 Å². The van der Waals surface area contributed by atoms with Crippen LogP contribution in [0.15, 0.2) is 0 Å². The SMILES string of the molecule is CC(=O)N1CCC2(CC2CS)C1. The van der Waals surface area contributed by atoms with Crippen LogP contribution >= 0.6 is 12.6 Å². The molecule has 3 heteroatoms. The molecule has 2 nitrogen and oxygen atoms in total. The Hall–Kier alpha value is -0.180. The Morgan fingerprint density at radius 2 is 2.50 bits per heavy atom. The molecule has 0 aromatic rings. The van der Waals surface area contributed by atoms with Gasteiger partial charge in [0.1, 0.15) is 0 Å². The molecule has 12 heavy (non-hydrogen) atoms. The van der Waals surface area contributed by atoms with Gasteiger partial charge in [-0.2, -0.15) is 12.6 Å². The molecule has 68 valence electrons. The van der Waals surface area contributed by atoms with E-state index in [0.717, 1.165) is 24.8 Å². The minimum absolute atomic E-state index is 0.233. The van der Waals surface area contributed by atoms with E-state index in [-0.39, 0.29) is 5.91 Å².